The second-order valence-electron chi connectivity index (χ2n) is 4.02. The molecule has 3 heteroatoms. The lowest BCUT2D eigenvalue weighted by Crippen LogP contribution is -2.38. The number of aromatic hydroxyl groups is 1. The lowest BCUT2D eigenvalue weighted by atomic mass is 9.82. The van der Waals surface area contributed by atoms with E-state index in [0.717, 1.165) is 12.1 Å². The minimum Gasteiger partial charge on any atom is -0.508 e. The molecule has 0 aliphatic carbocycles. The lowest BCUT2D eigenvalue weighted by molar-refractivity contribution is 0.199. The summed E-state index contributed by atoms with van der Waals surface area (Å²) in [6, 6.07) is 7.15. The van der Waals surface area contributed by atoms with Crippen LogP contribution < -0.4 is 5.32 Å². The van der Waals surface area contributed by atoms with Gasteiger partial charge in [-0.25, -0.2) is 0 Å². The van der Waals surface area contributed by atoms with Crippen LogP contribution in [0.2, 0.25) is 0 Å². The van der Waals surface area contributed by atoms with Crippen LogP contribution >= 0.6 is 0 Å². The van der Waals surface area contributed by atoms with E-state index in [-0.39, 0.29) is 12.4 Å². The monoisotopic (exact) mass is 209 g/mol. The quantitative estimate of drug-likeness (QED) is 0.684. The molecule has 15 heavy (non-hydrogen) atoms. The van der Waals surface area contributed by atoms with Crippen molar-refractivity contribution in [2.75, 3.05) is 19.7 Å². The Bertz CT molecular complexity index is 314. The molecule has 0 aromatic heterocycles. The zero-order valence-corrected chi connectivity index (χ0v) is 9.33. The number of rotatable bonds is 5. The number of likely N-dealkylation sites (N-methyl/N-ethyl adjacent to an activating group) is 1. The van der Waals surface area contributed by atoms with Crippen molar-refractivity contribution in [3.8, 4) is 5.75 Å². The van der Waals surface area contributed by atoms with Crippen LogP contribution in [0.25, 0.3) is 0 Å². The van der Waals surface area contributed by atoms with Gasteiger partial charge < -0.3 is 15.5 Å². The highest BCUT2D eigenvalue weighted by atomic mass is 16.3. The zero-order valence-electron chi connectivity index (χ0n) is 9.33. The van der Waals surface area contributed by atoms with E-state index in [4.69, 9.17) is 0 Å². The van der Waals surface area contributed by atoms with Crippen molar-refractivity contribution in [3.63, 3.8) is 0 Å². The van der Waals surface area contributed by atoms with Crippen LogP contribution in [0.15, 0.2) is 24.3 Å². The Morgan fingerprint density at radius 2 is 2.00 bits per heavy atom. The molecule has 1 atom stereocenters. The Labute approximate surface area is 90.8 Å². The van der Waals surface area contributed by atoms with Gasteiger partial charge in [-0.2, -0.15) is 0 Å². The van der Waals surface area contributed by atoms with Crippen molar-refractivity contribution in [1.82, 2.24) is 5.32 Å². The van der Waals surface area contributed by atoms with Gasteiger partial charge in [0.15, 0.2) is 0 Å². The number of hydrogen-bond donors (Lipinski definition) is 3. The van der Waals surface area contributed by atoms with Crippen LogP contribution in [0, 0.1) is 0 Å². The number of para-hydroxylation sites is 1. The van der Waals surface area contributed by atoms with Gasteiger partial charge in [-0.05, 0) is 12.6 Å². The SMILES string of the molecule is CCNCC(C)(CO)c1ccccc1O. The van der Waals surface area contributed by atoms with E-state index in [1.165, 1.54) is 0 Å². The molecule has 0 aliphatic heterocycles. The smallest absolute Gasteiger partial charge is 0.119 e. The molecule has 1 rings (SSSR count). The summed E-state index contributed by atoms with van der Waals surface area (Å²) in [7, 11) is 0. The summed E-state index contributed by atoms with van der Waals surface area (Å²) in [5.41, 5.74) is 0.356. The highest BCUT2D eigenvalue weighted by Crippen LogP contribution is 2.30. The van der Waals surface area contributed by atoms with Crippen LogP contribution in [0.4, 0.5) is 0 Å². The predicted octanol–water partition coefficient (Wildman–Crippen LogP) is 1.25. The molecular weight excluding hydrogens is 190 g/mol. The lowest BCUT2D eigenvalue weighted by Gasteiger charge is -2.28. The van der Waals surface area contributed by atoms with Gasteiger partial charge in [0.1, 0.15) is 5.75 Å². The van der Waals surface area contributed by atoms with Gasteiger partial charge in [0.25, 0.3) is 0 Å². The van der Waals surface area contributed by atoms with Crippen molar-refractivity contribution >= 4 is 0 Å². The Kier molecular flexibility index (Phi) is 4.12. The average molecular weight is 209 g/mol. The van der Waals surface area contributed by atoms with E-state index in [1.807, 2.05) is 26.0 Å². The number of aliphatic hydroxyl groups is 1. The molecule has 1 aromatic carbocycles. The number of aliphatic hydroxyl groups excluding tert-OH is 1. The highest BCUT2D eigenvalue weighted by molar-refractivity contribution is 5.38. The summed E-state index contributed by atoms with van der Waals surface area (Å²) in [5.74, 6) is 0.243. The molecule has 0 amide bonds. The predicted molar refractivity (Wildman–Crippen MR) is 61.1 cm³/mol. The van der Waals surface area contributed by atoms with E-state index in [2.05, 4.69) is 5.32 Å². The summed E-state index contributed by atoms with van der Waals surface area (Å²) < 4.78 is 0. The van der Waals surface area contributed by atoms with Crippen LogP contribution in [0.3, 0.4) is 0 Å². The topological polar surface area (TPSA) is 52.5 Å². The minimum atomic E-state index is -0.429. The molecule has 0 fully saturated rings. The molecule has 3 nitrogen and oxygen atoms in total. The van der Waals surface area contributed by atoms with Crippen LogP contribution in [-0.2, 0) is 5.41 Å². The van der Waals surface area contributed by atoms with Crippen molar-refractivity contribution in [1.29, 1.82) is 0 Å². The molecule has 0 aliphatic rings. The van der Waals surface area contributed by atoms with Crippen molar-refractivity contribution in [2.45, 2.75) is 19.3 Å². The molecule has 0 saturated heterocycles. The molecule has 84 valence electrons. The fourth-order valence-corrected chi connectivity index (χ4v) is 1.62. The van der Waals surface area contributed by atoms with Crippen molar-refractivity contribution in [3.05, 3.63) is 29.8 Å². The second-order valence-corrected chi connectivity index (χ2v) is 4.02. The number of benzene rings is 1. The van der Waals surface area contributed by atoms with Crippen LogP contribution in [0.1, 0.15) is 19.4 Å². The zero-order chi connectivity index (χ0) is 11.3. The van der Waals surface area contributed by atoms with Gasteiger partial charge in [-0.15, -0.1) is 0 Å². The number of phenols is 1. The van der Waals surface area contributed by atoms with Gasteiger partial charge in [0.05, 0.1) is 6.61 Å². The average Bonchev–Trinajstić information content (AvgIpc) is 2.26. The molecule has 0 radical (unpaired) electrons. The minimum absolute atomic E-state index is 0.0115. The van der Waals surface area contributed by atoms with Gasteiger partial charge >= 0.3 is 0 Å². The van der Waals surface area contributed by atoms with Crippen LogP contribution in [0.5, 0.6) is 5.75 Å². The van der Waals surface area contributed by atoms with Gasteiger partial charge in [-0.1, -0.05) is 32.0 Å². The van der Waals surface area contributed by atoms with Crippen LogP contribution in [-0.4, -0.2) is 29.9 Å². The first-order valence-electron chi connectivity index (χ1n) is 5.24. The maximum atomic E-state index is 9.74. The van der Waals surface area contributed by atoms with Gasteiger partial charge in [0.2, 0.25) is 0 Å². The highest BCUT2D eigenvalue weighted by Gasteiger charge is 2.27. The molecule has 0 spiro atoms. The number of hydrogen-bond acceptors (Lipinski definition) is 3. The number of phenolic OH excluding ortho intramolecular Hbond substituents is 1. The fourth-order valence-electron chi connectivity index (χ4n) is 1.62. The maximum Gasteiger partial charge on any atom is 0.119 e. The third-order valence-electron chi connectivity index (χ3n) is 2.67. The second kappa shape index (κ2) is 5.14. The van der Waals surface area contributed by atoms with Crippen molar-refractivity contribution in [2.24, 2.45) is 0 Å². The Hall–Kier alpha value is -1.06. The molecule has 1 unspecified atom stereocenters. The third-order valence-corrected chi connectivity index (χ3v) is 2.67. The van der Waals surface area contributed by atoms with E-state index in [1.54, 1.807) is 12.1 Å². The van der Waals surface area contributed by atoms with Crippen molar-refractivity contribution < 1.29 is 10.2 Å². The fraction of sp³-hybridized carbons (Fsp3) is 0.500. The molecule has 0 saturated carbocycles. The maximum absolute atomic E-state index is 9.74. The van der Waals surface area contributed by atoms with E-state index < -0.39 is 5.41 Å². The Morgan fingerprint density at radius 3 is 2.53 bits per heavy atom. The van der Waals surface area contributed by atoms with E-state index in [0.29, 0.717) is 6.54 Å². The normalized spacial score (nSPS) is 14.9. The first kappa shape index (κ1) is 12.0. The van der Waals surface area contributed by atoms with E-state index in [9.17, 15) is 10.2 Å². The summed E-state index contributed by atoms with van der Waals surface area (Å²) >= 11 is 0. The Balaban J connectivity index is 2.95. The summed E-state index contributed by atoms with van der Waals surface area (Å²) in [6.45, 7) is 5.46. The first-order valence-corrected chi connectivity index (χ1v) is 5.24. The largest absolute Gasteiger partial charge is 0.508 e. The van der Waals surface area contributed by atoms with Gasteiger partial charge in [0, 0.05) is 17.5 Å². The molecule has 3 N–H and O–H groups in total. The summed E-state index contributed by atoms with van der Waals surface area (Å²) in [4.78, 5) is 0. The third kappa shape index (κ3) is 2.70. The van der Waals surface area contributed by atoms with E-state index >= 15 is 0 Å². The molecule has 1 aromatic rings. The summed E-state index contributed by atoms with van der Waals surface area (Å²) in [6.07, 6.45) is 0. The molecular formula is C12H19NO2. The summed E-state index contributed by atoms with van der Waals surface area (Å²) in [5, 5.41) is 22.4. The first-order chi connectivity index (χ1) is 7.14. The number of nitrogens with one attached hydrogen (secondary N) is 1. The molecule has 0 bridgehead atoms. The Morgan fingerprint density at radius 1 is 1.33 bits per heavy atom. The standard InChI is InChI=1S/C12H19NO2/c1-3-13-8-12(2,9-14)10-6-4-5-7-11(10)15/h4-7,13-15H,3,8-9H2,1-2H3. The molecule has 0 heterocycles. The van der Waals surface area contributed by atoms with Gasteiger partial charge in [-0.3, -0.25) is 0 Å².